The number of phenolic OH excluding ortho intramolecular Hbond substituents is 1. The van der Waals surface area contributed by atoms with E-state index in [1.54, 1.807) is 17.8 Å². The number of thioether (sulfide) groups is 2. The molecule has 1 heterocycles. The molecule has 2 aromatic rings. The number of rotatable bonds is 6. The van der Waals surface area contributed by atoms with Crippen molar-refractivity contribution in [2.45, 2.75) is 29.7 Å². The van der Waals surface area contributed by atoms with Crippen LogP contribution in [-0.2, 0) is 0 Å². The highest BCUT2D eigenvalue weighted by atomic mass is 32.2. The van der Waals surface area contributed by atoms with Crippen molar-refractivity contribution in [3.05, 3.63) is 48.0 Å². The Kier molecular flexibility index (Phi) is 6.57. The fourth-order valence-corrected chi connectivity index (χ4v) is 4.83. The third-order valence-electron chi connectivity index (χ3n) is 4.19. The molecule has 0 aliphatic carbocycles. The molecule has 3 nitrogen and oxygen atoms in total. The summed E-state index contributed by atoms with van der Waals surface area (Å²) in [6.07, 6.45) is 0. The lowest BCUT2D eigenvalue weighted by molar-refractivity contribution is 0.270. The van der Waals surface area contributed by atoms with Gasteiger partial charge in [0.25, 0.3) is 0 Å². The van der Waals surface area contributed by atoms with E-state index >= 15 is 0 Å². The highest BCUT2D eigenvalue weighted by molar-refractivity contribution is 7.99. The van der Waals surface area contributed by atoms with Crippen LogP contribution in [0.15, 0.2) is 52.3 Å². The second-order valence-corrected chi connectivity index (χ2v) is 8.61. The van der Waals surface area contributed by atoms with Crippen LogP contribution in [0.4, 0.5) is 0 Å². The first-order valence-corrected chi connectivity index (χ1v) is 10.6. The number of phenols is 1. The van der Waals surface area contributed by atoms with Gasteiger partial charge in [-0.1, -0.05) is 31.2 Å². The minimum atomic E-state index is 0.358. The van der Waals surface area contributed by atoms with Crippen molar-refractivity contribution in [3.63, 3.8) is 0 Å². The SMILES string of the molecule is Cc1cccc(O)c1SC[C@H](C)CNC1COc2ccccc2SC1. The first kappa shape index (κ1) is 18.5. The molecule has 0 spiro atoms. The van der Waals surface area contributed by atoms with Gasteiger partial charge in [0.15, 0.2) is 0 Å². The summed E-state index contributed by atoms with van der Waals surface area (Å²) in [5, 5.41) is 13.6. The van der Waals surface area contributed by atoms with Crippen LogP contribution in [0.1, 0.15) is 12.5 Å². The van der Waals surface area contributed by atoms with Crippen molar-refractivity contribution in [1.29, 1.82) is 0 Å². The topological polar surface area (TPSA) is 41.5 Å². The number of para-hydroxylation sites is 1. The van der Waals surface area contributed by atoms with Crippen LogP contribution in [-0.4, -0.2) is 35.8 Å². The first-order chi connectivity index (χ1) is 12.1. The highest BCUT2D eigenvalue weighted by Crippen LogP contribution is 2.33. The Morgan fingerprint density at radius 1 is 1.28 bits per heavy atom. The predicted molar refractivity (Wildman–Crippen MR) is 107 cm³/mol. The van der Waals surface area contributed by atoms with E-state index in [2.05, 4.69) is 24.4 Å². The van der Waals surface area contributed by atoms with Crippen molar-refractivity contribution in [3.8, 4) is 11.5 Å². The quantitative estimate of drug-likeness (QED) is 0.724. The number of nitrogens with one attached hydrogen (secondary N) is 1. The summed E-state index contributed by atoms with van der Waals surface area (Å²) in [7, 11) is 0. The molecule has 1 aliphatic heterocycles. The Morgan fingerprint density at radius 3 is 2.96 bits per heavy atom. The molecule has 1 aliphatic rings. The number of hydrogen-bond acceptors (Lipinski definition) is 5. The maximum atomic E-state index is 10.00. The van der Waals surface area contributed by atoms with E-state index in [-0.39, 0.29) is 0 Å². The molecule has 0 saturated carbocycles. The van der Waals surface area contributed by atoms with Gasteiger partial charge in [-0.3, -0.25) is 0 Å². The lowest BCUT2D eigenvalue weighted by atomic mass is 10.2. The molecule has 0 radical (unpaired) electrons. The van der Waals surface area contributed by atoms with Gasteiger partial charge < -0.3 is 15.2 Å². The zero-order valence-electron chi connectivity index (χ0n) is 14.7. The third-order valence-corrected chi connectivity index (χ3v) is 6.96. The van der Waals surface area contributed by atoms with Gasteiger partial charge in [-0.25, -0.2) is 0 Å². The van der Waals surface area contributed by atoms with Crippen LogP contribution in [0.2, 0.25) is 0 Å². The molecule has 2 aromatic carbocycles. The second kappa shape index (κ2) is 8.88. The maximum absolute atomic E-state index is 10.00. The highest BCUT2D eigenvalue weighted by Gasteiger charge is 2.18. The summed E-state index contributed by atoms with van der Waals surface area (Å²) in [5.41, 5.74) is 1.14. The lowest BCUT2D eigenvalue weighted by Gasteiger charge is -2.19. The van der Waals surface area contributed by atoms with Gasteiger partial charge in [-0.2, -0.15) is 0 Å². The molecule has 134 valence electrons. The minimum Gasteiger partial charge on any atom is -0.507 e. The zero-order chi connectivity index (χ0) is 17.6. The van der Waals surface area contributed by atoms with E-state index < -0.39 is 0 Å². The number of benzene rings is 2. The Balaban J connectivity index is 1.44. The molecule has 0 fully saturated rings. The maximum Gasteiger partial charge on any atom is 0.132 e. The molecule has 1 unspecified atom stereocenters. The van der Waals surface area contributed by atoms with Crippen molar-refractivity contribution in [2.75, 3.05) is 24.7 Å². The molecule has 3 rings (SSSR count). The Labute approximate surface area is 158 Å². The monoisotopic (exact) mass is 375 g/mol. The molecule has 0 bridgehead atoms. The van der Waals surface area contributed by atoms with Crippen LogP contribution < -0.4 is 10.1 Å². The number of ether oxygens (including phenoxy) is 1. The van der Waals surface area contributed by atoms with Crippen molar-refractivity contribution in [2.24, 2.45) is 5.92 Å². The normalized spacial score (nSPS) is 18.1. The summed E-state index contributed by atoms with van der Waals surface area (Å²) >= 11 is 3.59. The molecule has 25 heavy (non-hydrogen) atoms. The van der Waals surface area contributed by atoms with E-state index in [1.165, 1.54) is 4.90 Å². The van der Waals surface area contributed by atoms with Gasteiger partial charge in [-0.15, -0.1) is 23.5 Å². The summed E-state index contributed by atoms with van der Waals surface area (Å²) in [6, 6.07) is 14.3. The predicted octanol–water partition coefficient (Wildman–Crippen LogP) is 4.57. The van der Waals surface area contributed by atoms with E-state index in [9.17, 15) is 5.11 Å². The van der Waals surface area contributed by atoms with Gasteiger partial charge in [-0.05, 0) is 43.1 Å². The fraction of sp³-hybridized carbons (Fsp3) is 0.400. The lowest BCUT2D eigenvalue weighted by Crippen LogP contribution is -2.39. The smallest absolute Gasteiger partial charge is 0.132 e. The summed E-state index contributed by atoms with van der Waals surface area (Å²) in [4.78, 5) is 2.23. The van der Waals surface area contributed by atoms with Crippen LogP contribution in [0, 0.1) is 12.8 Å². The van der Waals surface area contributed by atoms with Gasteiger partial charge >= 0.3 is 0 Å². The van der Waals surface area contributed by atoms with E-state index in [1.807, 2.05) is 43.0 Å². The van der Waals surface area contributed by atoms with Crippen LogP contribution in [0.25, 0.3) is 0 Å². The van der Waals surface area contributed by atoms with Crippen molar-refractivity contribution >= 4 is 23.5 Å². The standard InChI is InChI=1S/C20H25NO2S2/c1-14(12-25-20-15(2)6-5-7-17(20)22)10-21-16-11-23-18-8-3-4-9-19(18)24-13-16/h3-9,14,16,21-22H,10-13H2,1-2H3/t14-,16?/m1/s1. The molecular weight excluding hydrogens is 350 g/mol. The number of aromatic hydroxyl groups is 1. The Hall–Kier alpha value is -1.30. The van der Waals surface area contributed by atoms with E-state index in [0.717, 1.165) is 34.3 Å². The summed E-state index contributed by atoms with van der Waals surface area (Å²) in [5.74, 6) is 3.90. The van der Waals surface area contributed by atoms with E-state index in [0.29, 0.717) is 24.3 Å². The average Bonchev–Trinajstić information content (AvgIpc) is 2.82. The Morgan fingerprint density at radius 2 is 2.12 bits per heavy atom. The number of fused-ring (bicyclic) bond motifs is 1. The van der Waals surface area contributed by atoms with Crippen molar-refractivity contribution < 1.29 is 9.84 Å². The zero-order valence-corrected chi connectivity index (χ0v) is 16.3. The molecule has 2 N–H and O–H groups in total. The largest absolute Gasteiger partial charge is 0.507 e. The first-order valence-electron chi connectivity index (χ1n) is 8.63. The number of aryl methyl sites for hydroxylation is 1. The summed E-state index contributed by atoms with van der Waals surface area (Å²) in [6.45, 7) is 5.95. The van der Waals surface area contributed by atoms with Crippen LogP contribution >= 0.6 is 23.5 Å². The molecule has 2 atom stereocenters. The molecular formula is C20H25NO2S2. The molecule has 0 amide bonds. The van der Waals surface area contributed by atoms with Gasteiger partial charge in [0.2, 0.25) is 0 Å². The number of hydrogen-bond donors (Lipinski definition) is 2. The van der Waals surface area contributed by atoms with Gasteiger partial charge in [0, 0.05) is 16.4 Å². The minimum absolute atomic E-state index is 0.358. The van der Waals surface area contributed by atoms with Crippen LogP contribution in [0.3, 0.4) is 0 Å². The van der Waals surface area contributed by atoms with Gasteiger partial charge in [0.05, 0.1) is 10.9 Å². The average molecular weight is 376 g/mol. The third kappa shape index (κ3) is 5.09. The molecule has 0 saturated heterocycles. The van der Waals surface area contributed by atoms with E-state index in [4.69, 9.17) is 4.74 Å². The molecule has 5 heteroatoms. The Bertz CT molecular complexity index is 661. The second-order valence-electron chi connectivity index (χ2n) is 6.51. The molecule has 0 aromatic heterocycles. The van der Waals surface area contributed by atoms with Gasteiger partial charge in [0.1, 0.15) is 18.1 Å². The summed E-state index contributed by atoms with van der Waals surface area (Å²) < 4.78 is 5.93. The van der Waals surface area contributed by atoms with Crippen molar-refractivity contribution in [1.82, 2.24) is 5.32 Å². The fourth-order valence-electron chi connectivity index (χ4n) is 2.71. The van der Waals surface area contributed by atoms with Crippen LogP contribution in [0.5, 0.6) is 11.5 Å².